The molecule has 2 fully saturated rings. The zero-order chi connectivity index (χ0) is 21.8. The highest BCUT2D eigenvalue weighted by atomic mass is 16.7. The molecule has 6 aliphatic rings. The molecule has 1 saturated heterocycles. The summed E-state index contributed by atoms with van der Waals surface area (Å²) in [5.74, 6) is 3.81. The molecule has 4 atom stereocenters. The van der Waals surface area contributed by atoms with E-state index in [0.29, 0.717) is 18.6 Å². The Morgan fingerprint density at radius 1 is 1.09 bits per heavy atom. The molecule has 4 heterocycles. The third-order valence-electron chi connectivity index (χ3n) is 8.74. The fraction of sp³-hybridized carbons (Fsp3) is 0.500. The monoisotopic (exact) mass is 433 g/mol. The van der Waals surface area contributed by atoms with Crippen molar-refractivity contribution in [3.63, 3.8) is 0 Å². The summed E-state index contributed by atoms with van der Waals surface area (Å²) in [5.41, 5.74) is 4.67. The Hall–Kier alpha value is -2.73. The number of ether oxygens (including phenoxy) is 4. The topological polar surface area (TPSA) is 57.2 Å². The average Bonchev–Trinajstić information content (AvgIpc) is 3.23. The van der Waals surface area contributed by atoms with Gasteiger partial charge in [-0.05, 0) is 53.1 Å². The first-order chi connectivity index (χ1) is 15.5. The van der Waals surface area contributed by atoms with E-state index in [1.165, 1.54) is 22.3 Å². The highest BCUT2D eigenvalue weighted by molar-refractivity contribution is 5.84. The van der Waals surface area contributed by atoms with Gasteiger partial charge in [0.2, 0.25) is 6.79 Å². The number of methoxy groups -OCH3 is 2. The lowest BCUT2D eigenvalue weighted by Gasteiger charge is -2.70. The van der Waals surface area contributed by atoms with Crippen molar-refractivity contribution in [3.8, 4) is 23.0 Å². The van der Waals surface area contributed by atoms with Crippen LogP contribution in [0.4, 0.5) is 0 Å². The number of piperidine rings is 1. The number of carbonyl (C=O) groups excluding carboxylic acids is 1. The normalized spacial score (nSPS) is 33.4. The maximum Gasteiger partial charge on any atom is 0.231 e. The first kappa shape index (κ1) is 18.8. The van der Waals surface area contributed by atoms with Gasteiger partial charge in [0, 0.05) is 36.9 Å². The molecule has 4 bridgehead atoms. The fourth-order valence-electron chi connectivity index (χ4n) is 7.93. The van der Waals surface area contributed by atoms with Crippen LogP contribution >= 0.6 is 0 Å². The van der Waals surface area contributed by atoms with Gasteiger partial charge in [-0.3, -0.25) is 9.69 Å². The number of ketones is 1. The molecule has 32 heavy (non-hydrogen) atoms. The van der Waals surface area contributed by atoms with Crippen LogP contribution in [-0.4, -0.2) is 38.2 Å². The molecule has 2 aromatic rings. The van der Waals surface area contributed by atoms with E-state index in [1.54, 1.807) is 14.2 Å². The quantitative estimate of drug-likeness (QED) is 0.711. The Morgan fingerprint density at radius 3 is 2.69 bits per heavy atom. The van der Waals surface area contributed by atoms with Gasteiger partial charge < -0.3 is 18.9 Å². The van der Waals surface area contributed by atoms with Crippen molar-refractivity contribution in [3.05, 3.63) is 46.5 Å². The van der Waals surface area contributed by atoms with Gasteiger partial charge >= 0.3 is 0 Å². The minimum absolute atomic E-state index is 0.0892. The number of Topliss-reactive ketones (excluding diaryl/α,β-unsaturated/α-hetero) is 1. The largest absolute Gasteiger partial charge is 0.493 e. The van der Waals surface area contributed by atoms with Crippen LogP contribution in [0.1, 0.15) is 60.4 Å². The summed E-state index contributed by atoms with van der Waals surface area (Å²) < 4.78 is 23.0. The van der Waals surface area contributed by atoms with Crippen LogP contribution in [-0.2, 0) is 16.8 Å². The summed E-state index contributed by atoms with van der Waals surface area (Å²) in [6.45, 7) is 3.50. The van der Waals surface area contributed by atoms with Gasteiger partial charge in [0.1, 0.15) is 5.78 Å². The third-order valence-corrected chi connectivity index (χ3v) is 8.74. The lowest BCUT2D eigenvalue weighted by Crippen LogP contribution is -2.68. The summed E-state index contributed by atoms with van der Waals surface area (Å²) in [7, 11) is 3.43. The van der Waals surface area contributed by atoms with Crippen molar-refractivity contribution in [2.45, 2.75) is 50.1 Å². The molecule has 1 spiro atoms. The summed E-state index contributed by atoms with van der Waals surface area (Å²) in [5, 5.41) is 0. The molecule has 0 aromatic heterocycles. The van der Waals surface area contributed by atoms with Gasteiger partial charge in [0.15, 0.2) is 23.0 Å². The fourth-order valence-corrected chi connectivity index (χ4v) is 7.93. The summed E-state index contributed by atoms with van der Waals surface area (Å²) in [6, 6.07) is 8.77. The van der Waals surface area contributed by atoms with Crippen LogP contribution in [0.15, 0.2) is 24.3 Å². The average molecular weight is 434 g/mol. The molecule has 1 saturated carbocycles. The van der Waals surface area contributed by atoms with E-state index in [9.17, 15) is 4.79 Å². The Balaban J connectivity index is 1.54. The van der Waals surface area contributed by atoms with Crippen LogP contribution in [0.5, 0.6) is 23.0 Å². The molecule has 2 aliphatic carbocycles. The second-order valence-electron chi connectivity index (χ2n) is 10.2. The molecule has 0 radical (unpaired) electrons. The number of carbonyl (C=O) groups is 1. The number of benzene rings is 2. The molecule has 6 heteroatoms. The van der Waals surface area contributed by atoms with E-state index in [-0.39, 0.29) is 29.7 Å². The van der Waals surface area contributed by atoms with Crippen LogP contribution in [0.25, 0.3) is 0 Å². The Morgan fingerprint density at radius 2 is 1.91 bits per heavy atom. The molecule has 6 nitrogen and oxygen atoms in total. The van der Waals surface area contributed by atoms with Crippen molar-refractivity contribution in [1.82, 2.24) is 4.90 Å². The van der Waals surface area contributed by atoms with Crippen LogP contribution < -0.4 is 18.9 Å². The van der Waals surface area contributed by atoms with Crippen LogP contribution in [0.2, 0.25) is 0 Å². The third kappa shape index (κ3) is 2.03. The summed E-state index contributed by atoms with van der Waals surface area (Å²) in [4.78, 5) is 15.9. The summed E-state index contributed by atoms with van der Waals surface area (Å²) in [6.07, 6.45) is 3.08. The van der Waals surface area contributed by atoms with Crippen LogP contribution in [0, 0.1) is 5.41 Å². The van der Waals surface area contributed by atoms with E-state index in [2.05, 4.69) is 30.0 Å². The minimum Gasteiger partial charge on any atom is -0.493 e. The van der Waals surface area contributed by atoms with Gasteiger partial charge in [0.05, 0.1) is 19.8 Å². The molecule has 4 aliphatic heterocycles. The predicted molar refractivity (Wildman–Crippen MR) is 117 cm³/mol. The van der Waals surface area contributed by atoms with E-state index in [1.807, 2.05) is 6.07 Å². The number of rotatable bonds is 2. The zero-order valence-corrected chi connectivity index (χ0v) is 18.7. The summed E-state index contributed by atoms with van der Waals surface area (Å²) >= 11 is 0. The zero-order valence-electron chi connectivity index (χ0n) is 18.7. The number of hydrogen-bond acceptors (Lipinski definition) is 6. The molecule has 8 rings (SSSR count). The molecule has 0 N–H and O–H groups in total. The van der Waals surface area contributed by atoms with Crippen molar-refractivity contribution >= 4 is 5.78 Å². The minimum atomic E-state index is -0.353. The van der Waals surface area contributed by atoms with Gasteiger partial charge in [-0.25, -0.2) is 0 Å². The SMILES string of the molecule is COc1ccc2c(c1OC)[C@@H]1C[C@@]3(C)CC(=O)C[C@]4(c5cc6c(cc5CCN14)OCO6)[C@@H]23. The number of hydrogen-bond donors (Lipinski definition) is 0. The van der Waals surface area contributed by atoms with Crippen molar-refractivity contribution in [2.75, 3.05) is 27.6 Å². The highest BCUT2D eigenvalue weighted by Gasteiger charge is 2.68. The lowest BCUT2D eigenvalue weighted by atomic mass is 9.44. The first-order valence-corrected chi connectivity index (χ1v) is 11.5. The Labute approximate surface area is 187 Å². The van der Waals surface area contributed by atoms with E-state index in [0.717, 1.165) is 42.4 Å². The van der Waals surface area contributed by atoms with Crippen molar-refractivity contribution < 1.29 is 23.7 Å². The molecule has 2 aromatic carbocycles. The number of nitrogens with zero attached hydrogens (tertiary/aromatic N) is 1. The van der Waals surface area contributed by atoms with E-state index < -0.39 is 0 Å². The Kier molecular flexibility index (Phi) is 3.52. The molecule has 166 valence electrons. The molecular weight excluding hydrogens is 406 g/mol. The number of fused-ring (bicyclic) bond motifs is 2. The maximum absolute atomic E-state index is 13.3. The smallest absolute Gasteiger partial charge is 0.231 e. The lowest BCUT2D eigenvalue weighted by molar-refractivity contribution is -0.160. The van der Waals surface area contributed by atoms with Gasteiger partial charge in [0.25, 0.3) is 0 Å². The van der Waals surface area contributed by atoms with Crippen molar-refractivity contribution in [2.24, 2.45) is 5.41 Å². The van der Waals surface area contributed by atoms with Gasteiger partial charge in [-0.1, -0.05) is 13.0 Å². The van der Waals surface area contributed by atoms with Gasteiger partial charge in [-0.15, -0.1) is 0 Å². The predicted octanol–water partition coefficient (Wildman–Crippen LogP) is 4.10. The second-order valence-corrected chi connectivity index (χ2v) is 10.2. The molecular formula is C26H27NO5. The highest BCUT2D eigenvalue weighted by Crippen LogP contribution is 2.73. The Bertz CT molecular complexity index is 1190. The maximum atomic E-state index is 13.3. The second kappa shape index (κ2) is 5.98. The molecule has 0 unspecified atom stereocenters. The van der Waals surface area contributed by atoms with Crippen LogP contribution in [0.3, 0.4) is 0 Å². The van der Waals surface area contributed by atoms with E-state index >= 15 is 0 Å². The van der Waals surface area contributed by atoms with E-state index in [4.69, 9.17) is 18.9 Å². The first-order valence-electron chi connectivity index (χ1n) is 11.5. The van der Waals surface area contributed by atoms with Gasteiger partial charge in [-0.2, -0.15) is 0 Å². The standard InChI is InChI=1S/C26H27NO5/c1-25-10-15(28)11-26-17-9-21-20(31-13-32-21)8-14(17)6-7-27(26)18(12-25)22-16(24(25)26)4-5-19(29-2)23(22)30-3/h4-5,8-9,18,24H,6-7,10-13H2,1-3H3/t18-,24-,25+,26-/m0/s1. The molecule has 0 amide bonds. The van der Waals surface area contributed by atoms with Crippen molar-refractivity contribution in [1.29, 1.82) is 0 Å².